The number of nitrogens with one attached hydrogen (secondary N) is 2. The molecule has 98 valence electrons. The van der Waals surface area contributed by atoms with E-state index < -0.39 is 6.04 Å². The molecule has 1 amide bonds. The third-order valence-electron chi connectivity index (χ3n) is 2.18. The summed E-state index contributed by atoms with van der Waals surface area (Å²) in [6.07, 6.45) is 0. The van der Waals surface area contributed by atoms with Crippen molar-refractivity contribution >= 4 is 50.7 Å². The van der Waals surface area contributed by atoms with Gasteiger partial charge >= 0.3 is 0 Å². The van der Waals surface area contributed by atoms with E-state index >= 15 is 0 Å². The predicted octanol–water partition coefficient (Wildman–Crippen LogP) is 3.08. The van der Waals surface area contributed by atoms with E-state index in [0.717, 1.165) is 9.35 Å². The second kappa shape index (κ2) is 4.83. The topological polar surface area (TPSA) is 53.5 Å². The van der Waals surface area contributed by atoms with Crippen LogP contribution in [0.1, 0.15) is 31.7 Å². The molecule has 1 aromatic heterocycles. The summed E-state index contributed by atoms with van der Waals surface area (Å²) in [5.41, 5.74) is -0.144. The zero-order chi connectivity index (χ0) is 13.5. The van der Waals surface area contributed by atoms with Crippen molar-refractivity contribution in [3.63, 3.8) is 0 Å². The van der Waals surface area contributed by atoms with Crippen molar-refractivity contribution in [2.75, 3.05) is 0 Å². The number of guanidine groups is 1. The molecule has 2 N–H and O–H groups in total. The number of amides is 1. The summed E-state index contributed by atoms with van der Waals surface area (Å²) < 4.78 is 1.43. The molecule has 2 rings (SSSR count). The standard InChI is InChI=1S/C11H13BrClN3OS/c1-11(2,3)16-10-14-7(9(17)15-10)6-4-5(12)8(13)18-6/h4,7H,1-3H3,(H2,14,15,16,17). The molecule has 0 fully saturated rings. The number of rotatable bonds is 1. The Hall–Kier alpha value is -0.590. The van der Waals surface area contributed by atoms with Crippen LogP contribution in [0.3, 0.4) is 0 Å². The second-order valence-electron chi connectivity index (χ2n) is 5.01. The highest BCUT2D eigenvalue weighted by Crippen LogP contribution is 2.37. The average molecular weight is 351 g/mol. The lowest BCUT2D eigenvalue weighted by Crippen LogP contribution is -2.46. The Labute approximate surface area is 123 Å². The summed E-state index contributed by atoms with van der Waals surface area (Å²) in [4.78, 5) is 17.1. The minimum absolute atomic E-state index is 0.132. The number of hydrogen-bond acceptors (Lipinski definition) is 4. The van der Waals surface area contributed by atoms with Gasteiger partial charge in [0.05, 0.1) is 0 Å². The molecule has 0 radical (unpaired) electrons. The van der Waals surface area contributed by atoms with Crippen LogP contribution < -0.4 is 10.6 Å². The maximum Gasteiger partial charge on any atom is 0.257 e. The molecule has 0 bridgehead atoms. The van der Waals surface area contributed by atoms with Gasteiger partial charge < -0.3 is 5.32 Å². The summed E-state index contributed by atoms with van der Waals surface area (Å²) in [5.74, 6) is 0.380. The first-order chi connectivity index (χ1) is 8.26. The van der Waals surface area contributed by atoms with Crippen LogP contribution in [0.5, 0.6) is 0 Å². The van der Waals surface area contributed by atoms with Gasteiger partial charge in [-0.1, -0.05) is 11.6 Å². The fourth-order valence-corrected chi connectivity index (χ4v) is 3.29. The van der Waals surface area contributed by atoms with E-state index in [-0.39, 0.29) is 11.4 Å². The number of carbonyl (C=O) groups is 1. The van der Waals surface area contributed by atoms with E-state index in [4.69, 9.17) is 11.6 Å². The van der Waals surface area contributed by atoms with E-state index in [1.807, 2.05) is 26.8 Å². The van der Waals surface area contributed by atoms with Crippen LogP contribution in [0.25, 0.3) is 0 Å². The van der Waals surface area contributed by atoms with Crippen LogP contribution in [0.4, 0.5) is 0 Å². The molecule has 1 atom stereocenters. The quantitative estimate of drug-likeness (QED) is 0.818. The van der Waals surface area contributed by atoms with Crippen molar-refractivity contribution in [3.8, 4) is 0 Å². The van der Waals surface area contributed by atoms with Crippen LogP contribution in [0.2, 0.25) is 4.34 Å². The lowest BCUT2D eigenvalue weighted by molar-refractivity contribution is -0.120. The van der Waals surface area contributed by atoms with Gasteiger partial charge in [-0.15, -0.1) is 11.3 Å². The molecule has 1 aliphatic rings. The number of hydrogen-bond donors (Lipinski definition) is 2. The summed E-state index contributed by atoms with van der Waals surface area (Å²) in [5, 5.41) is 5.88. The number of halogens is 2. The van der Waals surface area contributed by atoms with Crippen LogP contribution in [-0.2, 0) is 4.79 Å². The summed E-state index contributed by atoms with van der Waals surface area (Å²) in [6, 6.07) is 1.32. The van der Waals surface area contributed by atoms with Gasteiger partial charge in [0, 0.05) is 14.9 Å². The highest BCUT2D eigenvalue weighted by Gasteiger charge is 2.31. The summed E-state index contributed by atoms with van der Waals surface area (Å²) >= 11 is 10.7. The molecular weight excluding hydrogens is 338 g/mol. The van der Waals surface area contributed by atoms with Gasteiger partial charge in [0.2, 0.25) is 0 Å². The van der Waals surface area contributed by atoms with E-state index in [1.165, 1.54) is 11.3 Å². The van der Waals surface area contributed by atoms with E-state index in [2.05, 4.69) is 31.6 Å². The molecule has 7 heteroatoms. The SMILES string of the molecule is CC(C)(C)NC1=NC(c2cc(Br)c(Cl)s2)C(=O)N1. The Morgan fingerprint density at radius 3 is 2.72 bits per heavy atom. The lowest BCUT2D eigenvalue weighted by atomic mass is 10.1. The number of aliphatic imine (C=N–C) groups is 1. The molecule has 0 aliphatic carbocycles. The minimum Gasteiger partial charge on any atom is -0.351 e. The fraction of sp³-hybridized carbons (Fsp3) is 0.455. The maximum atomic E-state index is 11.9. The minimum atomic E-state index is -0.511. The van der Waals surface area contributed by atoms with E-state index in [9.17, 15) is 4.79 Å². The van der Waals surface area contributed by atoms with Gasteiger partial charge in [-0.3, -0.25) is 10.1 Å². The van der Waals surface area contributed by atoms with Crippen LogP contribution in [-0.4, -0.2) is 17.4 Å². The molecule has 0 saturated carbocycles. The molecule has 1 aromatic rings. The lowest BCUT2D eigenvalue weighted by Gasteiger charge is -2.21. The third-order valence-corrected chi connectivity index (χ3v) is 4.70. The van der Waals surface area contributed by atoms with Crippen molar-refractivity contribution in [2.45, 2.75) is 32.4 Å². The predicted molar refractivity (Wildman–Crippen MR) is 78.2 cm³/mol. The highest BCUT2D eigenvalue weighted by molar-refractivity contribution is 9.10. The zero-order valence-corrected chi connectivity index (χ0v) is 13.3. The van der Waals surface area contributed by atoms with Gasteiger partial charge in [-0.25, -0.2) is 4.99 Å². The van der Waals surface area contributed by atoms with Crippen LogP contribution in [0.15, 0.2) is 15.5 Å². The Kier molecular flexibility index (Phi) is 3.71. The molecule has 2 heterocycles. The van der Waals surface area contributed by atoms with Gasteiger partial charge in [0.25, 0.3) is 5.91 Å². The first-order valence-corrected chi connectivity index (χ1v) is 7.36. The average Bonchev–Trinajstić information content (AvgIpc) is 2.69. The smallest absolute Gasteiger partial charge is 0.257 e. The van der Waals surface area contributed by atoms with Crippen LogP contribution >= 0.6 is 38.9 Å². The Bertz CT molecular complexity index is 501. The monoisotopic (exact) mass is 349 g/mol. The highest BCUT2D eigenvalue weighted by atomic mass is 79.9. The van der Waals surface area contributed by atoms with Crippen LogP contribution in [0, 0.1) is 0 Å². The Morgan fingerprint density at radius 2 is 2.22 bits per heavy atom. The van der Waals surface area contributed by atoms with Crippen molar-refractivity contribution in [2.24, 2.45) is 4.99 Å². The van der Waals surface area contributed by atoms with Crippen molar-refractivity contribution in [3.05, 3.63) is 19.8 Å². The molecule has 4 nitrogen and oxygen atoms in total. The van der Waals surface area contributed by atoms with Crippen molar-refractivity contribution in [1.82, 2.24) is 10.6 Å². The molecule has 0 spiro atoms. The first-order valence-electron chi connectivity index (χ1n) is 5.38. The third kappa shape index (κ3) is 3.05. The number of carbonyl (C=O) groups excluding carboxylic acids is 1. The number of thiophene rings is 1. The van der Waals surface area contributed by atoms with Crippen molar-refractivity contribution < 1.29 is 4.79 Å². The van der Waals surface area contributed by atoms with Gasteiger partial charge in [-0.05, 0) is 42.8 Å². The molecule has 0 saturated heterocycles. The van der Waals surface area contributed by atoms with E-state index in [0.29, 0.717) is 10.3 Å². The number of nitrogens with zero attached hydrogens (tertiary/aromatic N) is 1. The van der Waals surface area contributed by atoms with Gasteiger partial charge in [0.1, 0.15) is 4.34 Å². The summed E-state index contributed by atoms with van der Waals surface area (Å²) in [7, 11) is 0. The fourth-order valence-electron chi connectivity index (χ4n) is 1.51. The van der Waals surface area contributed by atoms with E-state index in [1.54, 1.807) is 0 Å². The normalized spacial score (nSPS) is 19.7. The molecule has 1 unspecified atom stereocenters. The van der Waals surface area contributed by atoms with Gasteiger partial charge in [0.15, 0.2) is 12.0 Å². The maximum absolute atomic E-state index is 11.9. The second-order valence-corrected chi connectivity index (χ2v) is 7.56. The Morgan fingerprint density at radius 1 is 1.56 bits per heavy atom. The Balaban J connectivity index is 2.22. The molecular formula is C11H13BrClN3OS. The molecule has 1 aliphatic heterocycles. The zero-order valence-electron chi connectivity index (χ0n) is 10.2. The molecule has 0 aromatic carbocycles. The largest absolute Gasteiger partial charge is 0.351 e. The molecule has 18 heavy (non-hydrogen) atoms. The first kappa shape index (κ1) is 13.8. The van der Waals surface area contributed by atoms with Gasteiger partial charge in [-0.2, -0.15) is 0 Å². The van der Waals surface area contributed by atoms with Crippen molar-refractivity contribution in [1.29, 1.82) is 0 Å². The summed E-state index contributed by atoms with van der Waals surface area (Å²) in [6.45, 7) is 6.02.